The molecule has 3 heterocycles. The van der Waals surface area contributed by atoms with Crippen LogP contribution in [0.25, 0.3) is 0 Å². The minimum Gasteiger partial charge on any atom is -0.490 e. The molecule has 10 heteroatoms. The van der Waals surface area contributed by atoms with Crippen LogP contribution >= 0.6 is 11.6 Å². The highest BCUT2D eigenvalue weighted by atomic mass is 35.5. The van der Waals surface area contributed by atoms with E-state index < -0.39 is 38.5 Å². The fourth-order valence-corrected chi connectivity index (χ4v) is 7.66. The lowest BCUT2D eigenvalue weighted by Gasteiger charge is -2.51. The first-order valence-corrected chi connectivity index (χ1v) is 13.9. The summed E-state index contributed by atoms with van der Waals surface area (Å²) in [5, 5.41) is 0.581. The van der Waals surface area contributed by atoms with Crippen molar-refractivity contribution in [3.63, 3.8) is 0 Å². The van der Waals surface area contributed by atoms with Gasteiger partial charge in [-0.05, 0) is 49.1 Å². The van der Waals surface area contributed by atoms with Crippen LogP contribution in [-0.4, -0.2) is 58.0 Å². The second-order valence-electron chi connectivity index (χ2n) is 10.0. The molecule has 35 heavy (non-hydrogen) atoms. The van der Waals surface area contributed by atoms with Gasteiger partial charge in [0.1, 0.15) is 5.82 Å². The van der Waals surface area contributed by atoms with Crippen LogP contribution in [-0.2, 0) is 31.1 Å². The van der Waals surface area contributed by atoms with E-state index in [1.165, 1.54) is 0 Å². The molecule has 5 rings (SSSR count). The summed E-state index contributed by atoms with van der Waals surface area (Å²) in [6, 6.07) is 9.47. The Bertz CT molecular complexity index is 1210. The van der Waals surface area contributed by atoms with Crippen LogP contribution < -0.4 is 10.5 Å². The minimum atomic E-state index is -3.47. The first kappa shape index (κ1) is 24.9. The molecule has 2 N–H and O–H groups in total. The number of fused-ring (bicyclic) bond motifs is 3. The summed E-state index contributed by atoms with van der Waals surface area (Å²) in [6.45, 7) is 0.822. The zero-order valence-corrected chi connectivity index (χ0v) is 20.7. The predicted octanol–water partition coefficient (Wildman–Crippen LogP) is 3.43. The van der Waals surface area contributed by atoms with E-state index in [0.717, 1.165) is 17.7 Å². The van der Waals surface area contributed by atoms with Gasteiger partial charge < -0.3 is 19.9 Å². The van der Waals surface area contributed by atoms with Gasteiger partial charge in [0, 0.05) is 28.5 Å². The van der Waals surface area contributed by atoms with E-state index in [1.807, 2.05) is 12.1 Å². The number of nitrogens with two attached hydrogens (primary N) is 1. The highest BCUT2D eigenvalue weighted by Crippen LogP contribution is 2.52. The molecule has 0 aromatic heterocycles. The molecule has 3 aliphatic heterocycles. The molecule has 0 saturated carbocycles. The fraction of sp³-hybridized carbons (Fsp3) is 0.520. The predicted molar refractivity (Wildman–Crippen MR) is 128 cm³/mol. The van der Waals surface area contributed by atoms with Gasteiger partial charge >= 0.3 is 0 Å². The molecule has 2 aromatic rings. The van der Waals surface area contributed by atoms with Gasteiger partial charge in [0.2, 0.25) is 0 Å². The van der Waals surface area contributed by atoms with E-state index in [4.69, 9.17) is 31.5 Å². The summed E-state index contributed by atoms with van der Waals surface area (Å²) in [5.41, 5.74) is 5.51. The standard InChI is InChI=1S/C25H28ClF2NO5S/c26-17-3-1-16(2-4-17)11-25-8-9-33-21(7-10-35(30,31)15-24(29)13-32-14-24)18(25)12-34-23-20(28)6-5-19(27)22(23)25/h1-6,18,21H,7-15,29H2/t18-,21-,25-/m0/s1. The van der Waals surface area contributed by atoms with Crippen LogP contribution in [0, 0.1) is 17.6 Å². The third kappa shape index (κ3) is 4.81. The average Bonchev–Trinajstić information content (AvgIpc) is 2.80. The Balaban J connectivity index is 1.47. The Hall–Kier alpha value is -1.78. The SMILES string of the molecule is NC1(CS(=O)(=O)CC[C@@H]2OCC[C@@]3(Cc4ccc(Cl)cc4)c4c(F)ccc(F)c4OC[C@@H]23)COC1. The minimum absolute atomic E-state index is 0.0708. The molecule has 2 saturated heterocycles. The lowest BCUT2D eigenvalue weighted by atomic mass is 9.60. The topological polar surface area (TPSA) is 87.9 Å². The number of hydrogen-bond donors (Lipinski definition) is 1. The van der Waals surface area contributed by atoms with Gasteiger partial charge in [-0.2, -0.15) is 0 Å². The summed E-state index contributed by atoms with van der Waals surface area (Å²) in [7, 11) is -3.47. The van der Waals surface area contributed by atoms with Crippen molar-refractivity contribution in [2.24, 2.45) is 11.7 Å². The van der Waals surface area contributed by atoms with Crippen LogP contribution in [0.4, 0.5) is 8.78 Å². The number of hydrogen-bond acceptors (Lipinski definition) is 6. The van der Waals surface area contributed by atoms with Crippen LogP contribution in [0.2, 0.25) is 5.02 Å². The van der Waals surface area contributed by atoms with Gasteiger partial charge in [0.05, 0.1) is 43.0 Å². The number of benzene rings is 2. The summed E-state index contributed by atoms with van der Waals surface area (Å²) in [6.07, 6.45) is 0.570. The number of ether oxygens (including phenoxy) is 3. The lowest BCUT2D eigenvalue weighted by Crippen LogP contribution is -2.61. The molecule has 3 atom stereocenters. The Morgan fingerprint density at radius 3 is 2.49 bits per heavy atom. The number of sulfone groups is 1. The van der Waals surface area contributed by atoms with Gasteiger partial charge in [0.15, 0.2) is 21.4 Å². The molecule has 0 spiro atoms. The second-order valence-corrected chi connectivity index (χ2v) is 12.6. The van der Waals surface area contributed by atoms with E-state index >= 15 is 4.39 Å². The third-order valence-corrected chi connectivity index (χ3v) is 9.56. The Labute approximate surface area is 208 Å². The summed E-state index contributed by atoms with van der Waals surface area (Å²) in [5.74, 6) is -1.88. The van der Waals surface area contributed by atoms with Crippen LogP contribution in [0.5, 0.6) is 5.75 Å². The van der Waals surface area contributed by atoms with Gasteiger partial charge in [-0.1, -0.05) is 23.7 Å². The van der Waals surface area contributed by atoms with Crippen molar-refractivity contribution in [1.82, 2.24) is 0 Å². The van der Waals surface area contributed by atoms with E-state index in [-0.39, 0.29) is 55.0 Å². The van der Waals surface area contributed by atoms with Crippen LogP contribution in [0.1, 0.15) is 24.0 Å². The van der Waals surface area contributed by atoms with Crippen molar-refractivity contribution >= 4 is 21.4 Å². The Kier molecular flexibility index (Phi) is 6.59. The molecule has 2 aromatic carbocycles. The molecule has 0 unspecified atom stereocenters. The van der Waals surface area contributed by atoms with Gasteiger partial charge in [0.25, 0.3) is 0 Å². The molecular weight excluding hydrogens is 500 g/mol. The molecular formula is C25H28ClF2NO5S. The normalized spacial score (nSPS) is 27.3. The fourth-order valence-electron chi connectivity index (χ4n) is 5.75. The van der Waals surface area contributed by atoms with Crippen LogP contribution in [0.3, 0.4) is 0 Å². The van der Waals surface area contributed by atoms with Gasteiger partial charge in [-0.15, -0.1) is 0 Å². The van der Waals surface area contributed by atoms with Crippen LogP contribution in [0.15, 0.2) is 36.4 Å². The van der Waals surface area contributed by atoms with Crippen molar-refractivity contribution in [1.29, 1.82) is 0 Å². The van der Waals surface area contributed by atoms with Crippen molar-refractivity contribution < 1.29 is 31.4 Å². The average molecular weight is 528 g/mol. The molecule has 2 fully saturated rings. The number of rotatable bonds is 7. The third-order valence-electron chi connectivity index (χ3n) is 7.44. The van der Waals surface area contributed by atoms with Crippen molar-refractivity contribution in [3.8, 4) is 5.75 Å². The van der Waals surface area contributed by atoms with E-state index in [1.54, 1.807) is 12.1 Å². The zero-order chi connectivity index (χ0) is 24.8. The second kappa shape index (κ2) is 9.27. The highest BCUT2D eigenvalue weighted by Gasteiger charge is 2.53. The monoisotopic (exact) mass is 527 g/mol. The molecule has 3 aliphatic rings. The summed E-state index contributed by atoms with van der Waals surface area (Å²) in [4.78, 5) is 0. The Morgan fingerprint density at radius 2 is 1.80 bits per heavy atom. The quantitative estimate of drug-likeness (QED) is 0.593. The molecule has 0 amide bonds. The molecule has 0 bridgehead atoms. The smallest absolute Gasteiger partial charge is 0.165 e. The maximum absolute atomic E-state index is 15.3. The zero-order valence-electron chi connectivity index (χ0n) is 19.1. The first-order valence-electron chi connectivity index (χ1n) is 11.7. The van der Waals surface area contributed by atoms with E-state index in [2.05, 4.69) is 0 Å². The highest BCUT2D eigenvalue weighted by molar-refractivity contribution is 7.91. The largest absolute Gasteiger partial charge is 0.490 e. The van der Waals surface area contributed by atoms with E-state index in [0.29, 0.717) is 24.5 Å². The van der Waals surface area contributed by atoms with Crippen molar-refractivity contribution in [2.75, 3.05) is 37.9 Å². The van der Waals surface area contributed by atoms with Gasteiger partial charge in [-0.25, -0.2) is 17.2 Å². The molecule has 0 aliphatic carbocycles. The van der Waals surface area contributed by atoms with E-state index in [9.17, 15) is 12.8 Å². The maximum Gasteiger partial charge on any atom is 0.165 e. The Morgan fingerprint density at radius 1 is 1.09 bits per heavy atom. The summed E-state index contributed by atoms with van der Waals surface area (Å²) < 4.78 is 72.5. The first-order chi connectivity index (χ1) is 16.6. The molecule has 0 radical (unpaired) electrons. The summed E-state index contributed by atoms with van der Waals surface area (Å²) >= 11 is 6.06. The van der Waals surface area contributed by atoms with Crippen molar-refractivity contribution in [2.45, 2.75) is 36.3 Å². The molecule has 190 valence electrons. The molecule has 6 nitrogen and oxygen atoms in total. The van der Waals surface area contributed by atoms with Crippen molar-refractivity contribution in [3.05, 3.63) is 64.2 Å². The maximum atomic E-state index is 15.3. The van der Waals surface area contributed by atoms with Gasteiger partial charge in [-0.3, -0.25) is 0 Å². The number of halogens is 3. The lowest BCUT2D eigenvalue weighted by molar-refractivity contribution is -0.0963.